The Morgan fingerprint density at radius 1 is 1.28 bits per heavy atom. The van der Waals surface area contributed by atoms with Crippen molar-refractivity contribution in [3.05, 3.63) is 29.3 Å². The van der Waals surface area contributed by atoms with Crippen LogP contribution < -0.4 is 11.1 Å². The maximum absolute atomic E-state index is 11.8. The van der Waals surface area contributed by atoms with Gasteiger partial charge < -0.3 is 16.0 Å². The second-order valence-corrected chi connectivity index (χ2v) is 4.00. The van der Waals surface area contributed by atoms with E-state index in [0.29, 0.717) is 24.3 Å². The average molecular weight is 249 g/mol. The predicted octanol–water partition coefficient (Wildman–Crippen LogP) is 1.97. The second-order valence-electron chi connectivity index (χ2n) is 4.00. The second kappa shape index (κ2) is 6.05. The lowest BCUT2D eigenvalue weighted by molar-refractivity contribution is 0.0999. The van der Waals surface area contributed by atoms with E-state index >= 15 is 0 Å². The Morgan fingerprint density at radius 2 is 1.89 bits per heavy atom. The van der Waals surface area contributed by atoms with Crippen LogP contribution in [0.25, 0.3) is 0 Å². The van der Waals surface area contributed by atoms with E-state index in [1.165, 1.54) is 0 Å². The Hall–Kier alpha value is -2.04. The number of nitrogens with zero attached hydrogens (tertiary/aromatic N) is 1. The molecular weight excluding hydrogens is 230 g/mol. The van der Waals surface area contributed by atoms with Crippen LogP contribution in [0.2, 0.25) is 0 Å². The fraction of sp³-hybridized carbons (Fsp3) is 0.385. The fourth-order valence-corrected chi connectivity index (χ4v) is 1.73. The van der Waals surface area contributed by atoms with Gasteiger partial charge in [0.2, 0.25) is 5.91 Å². The molecule has 0 aromatic heterocycles. The third kappa shape index (κ3) is 3.23. The topological polar surface area (TPSA) is 75.4 Å². The van der Waals surface area contributed by atoms with Crippen molar-refractivity contribution in [1.29, 1.82) is 0 Å². The summed E-state index contributed by atoms with van der Waals surface area (Å²) in [5.41, 5.74) is 7.10. The van der Waals surface area contributed by atoms with Gasteiger partial charge >= 0.3 is 6.03 Å². The van der Waals surface area contributed by atoms with Crippen LogP contribution in [0.1, 0.15) is 29.8 Å². The Balaban J connectivity index is 2.83. The molecule has 1 aromatic carbocycles. The van der Waals surface area contributed by atoms with E-state index in [1.54, 1.807) is 30.0 Å². The maximum atomic E-state index is 11.8. The molecule has 98 valence electrons. The zero-order valence-electron chi connectivity index (χ0n) is 11.0. The van der Waals surface area contributed by atoms with Gasteiger partial charge in [0.15, 0.2) is 0 Å². The molecule has 1 aromatic rings. The number of anilines is 1. The normalized spacial score (nSPS) is 9.94. The van der Waals surface area contributed by atoms with Crippen LogP contribution >= 0.6 is 0 Å². The maximum Gasteiger partial charge on any atom is 0.321 e. The molecule has 0 aliphatic heterocycles. The number of amides is 3. The molecule has 3 amide bonds. The first kappa shape index (κ1) is 14.0. The molecule has 0 heterocycles. The zero-order chi connectivity index (χ0) is 13.7. The highest BCUT2D eigenvalue weighted by atomic mass is 16.2. The summed E-state index contributed by atoms with van der Waals surface area (Å²) in [5.74, 6) is -0.464. The fourth-order valence-electron chi connectivity index (χ4n) is 1.73. The minimum atomic E-state index is -0.464. The van der Waals surface area contributed by atoms with E-state index in [-0.39, 0.29) is 6.03 Å². The minimum Gasteiger partial charge on any atom is -0.366 e. The number of hydrogen-bond donors (Lipinski definition) is 2. The van der Waals surface area contributed by atoms with E-state index in [2.05, 4.69) is 5.32 Å². The molecule has 0 spiro atoms. The number of hydrogen-bond acceptors (Lipinski definition) is 2. The van der Waals surface area contributed by atoms with E-state index in [4.69, 9.17) is 5.73 Å². The molecule has 0 saturated carbocycles. The summed E-state index contributed by atoms with van der Waals surface area (Å²) in [6.07, 6.45) is 0. The number of nitrogens with one attached hydrogen (secondary N) is 1. The van der Waals surface area contributed by atoms with Crippen LogP contribution in [0.4, 0.5) is 10.5 Å². The number of nitrogens with two attached hydrogens (primary N) is 1. The summed E-state index contributed by atoms with van der Waals surface area (Å²) in [6.45, 7) is 6.93. The van der Waals surface area contributed by atoms with Gasteiger partial charge in [0.05, 0.1) is 0 Å². The number of aryl methyl sites for hydroxylation is 1. The van der Waals surface area contributed by atoms with Crippen molar-refractivity contribution >= 4 is 17.6 Å². The molecule has 5 nitrogen and oxygen atoms in total. The first-order valence-electron chi connectivity index (χ1n) is 5.96. The predicted molar refractivity (Wildman–Crippen MR) is 71.6 cm³/mol. The van der Waals surface area contributed by atoms with Crippen molar-refractivity contribution in [2.45, 2.75) is 20.8 Å². The smallest absolute Gasteiger partial charge is 0.321 e. The molecule has 0 saturated heterocycles. The number of urea groups is 1. The highest BCUT2D eigenvalue weighted by molar-refractivity contribution is 5.95. The Morgan fingerprint density at radius 3 is 2.33 bits per heavy atom. The number of benzene rings is 1. The molecule has 18 heavy (non-hydrogen) atoms. The Bertz CT molecular complexity index is 454. The van der Waals surface area contributed by atoms with E-state index in [9.17, 15) is 9.59 Å². The summed E-state index contributed by atoms with van der Waals surface area (Å²) in [6, 6.07) is 4.89. The summed E-state index contributed by atoms with van der Waals surface area (Å²) in [4.78, 5) is 24.6. The van der Waals surface area contributed by atoms with Gasteiger partial charge in [-0.3, -0.25) is 4.79 Å². The van der Waals surface area contributed by atoms with Gasteiger partial charge in [0.1, 0.15) is 0 Å². The van der Waals surface area contributed by atoms with Gasteiger partial charge in [-0.05, 0) is 44.5 Å². The van der Waals surface area contributed by atoms with E-state index in [0.717, 1.165) is 5.56 Å². The van der Waals surface area contributed by atoms with E-state index in [1.807, 2.05) is 13.8 Å². The number of carbonyl (C=O) groups excluding carboxylic acids is 2. The molecule has 0 aliphatic rings. The molecule has 0 radical (unpaired) electrons. The number of carbonyl (C=O) groups is 2. The number of primary amides is 1. The van der Waals surface area contributed by atoms with Crippen LogP contribution in [0.5, 0.6) is 0 Å². The lowest BCUT2D eigenvalue weighted by Gasteiger charge is -2.19. The highest BCUT2D eigenvalue weighted by Gasteiger charge is 2.11. The SMILES string of the molecule is CCN(CC)C(=O)Nc1ccc(C(N)=O)c(C)c1. The van der Waals surface area contributed by atoms with Crippen LogP contribution in [0.15, 0.2) is 18.2 Å². The molecule has 0 fully saturated rings. The van der Waals surface area contributed by atoms with Gasteiger partial charge in [0.25, 0.3) is 0 Å². The van der Waals surface area contributed by atoms with E-state index < -0.39 is 5.91 Å². The monoisotopic (exact) mass is 249 g/mol. The van der Waals surface area contributed by atoms with Crippen molar-refractivity contribution < 1.29 is 9.59 Å². The van der Waals surface area contributed by atoms with Crippen molar-refractivity contribution in [3.63, 3.8) is 0 Å². The van der Waals surface area contributed by atoms with Crippen molar-refractivity contribution in [2.24, 2.45) is 5.73 Å². The Kier molecular flexibility index (Phi) is 4.71. The van der Waals surface area contributed by atoms with Crippen LogP contribution in [-0.4, -0.2) is 29.9 Å². The molecular formula is C13H19N3O2. The summed E-state index contributed by atoms with van der Waals surface area (Å²) in [5, 5.41) is 2.79. The van der Waals surface area contributed by atoms with Gasteiger partial charge in [-0.1, -0.05) is 0 Å². The van der Waals surface area contributed by atoms with Crippen molar-refractivity contribution in [3.8, 4) is 0 Å². The quantitative estimate of drug-likeness (QED) is 0.856. The summed E-state index contributed by atoms with van der Waals surface area (Å²) < 4.78 is 0. The van der Waals surface area contributed by atoms with Gasteiger partial charge in [-0.15, -0.1) is 0 Å². The van der Waals surface area contributed by atoms with Crippen molar-refractivity contribution in [2.75, 3.05) is 18.4 Å². The third-order valence-electron chi connectivity index (χ3n) is 2.79. The van der Waals surface area contributed by atoms with Gasteiger partial charge in [-0.2, -0.15) is 0 Å². The Labute approximate surface area is 107 Å². The molecule has 1 rings (SSSR count). The largest absolute Gasteiger partial charge is 0.366 e. The van der Waals surface area contributed by atoms with Crippen molar-refractivity contribution in [1.82, 2.24) is 4.90 Å². The first-order valence-corrected chi connectivity index (χ1v) is 5.96. The molecule has 3 N–H and O–H groups in total. The number of rotatable bonds is 4. The standard InChI is InChI=1S/C13H19N3O2/c1-4-16(5-2)13(18)15-10-6-7-11(12(14)17)9(3)8-10/h6-8H,4-5H2,1-3H3,(H2,14,17)(H,15,18). The lowest BCUT2D eigenvalue weighted by atomic mass is 10.1. The van der Waals surface area contributed by atoms with Crippen LogP contribution in [0, 0.1) is 6.92 Å². The van der Waals surface area contributed by atoms with Gasteiger partial charge in [-0.25, -0.2) is 4.79 Å². The molecule has 0 atom stereocenters. The minimum absolute atomic E-state index is 0.147. The van der Waals surface area contributed by atoms with Crippen LogP contribution in [0.3, 0.4) is 0 Å². The highest BCUT2D eigenvalue weighted by Crippen LogP contribution is 2.15. The molecule has 0 unspecified atom stereocenters. The third-order valence-corrected chi connectivity index (χ3v) is 2.79. The summed E-state index contributed by atoms with van der Waals surface area (Å²) >= 11 is 0. The summed E-state index contributed by atoms with van der Waals surface area (Å²) in [7, 11) is 0. The first-order chi connectivity index (χ1) is 8.49. The molecule has 0 bridgehead atoms. The average Bonchev–Trinajstić information content (AvgIpc) is 2.30. The lowest BCUT2D eigenvalue weighted by Crippen LogP contribution is -2.34. The van der Waals surface area contributed by atoms with Crippen LogP contribution in [-0.2, 0) is 0 Å². The molecule has 0 aliphatic carbocycles. The van der Waals surface area contributed by atoms with Gasteiger partial charge in [0, 0.05) is 24.3 Å². The molecule has 5 heteroatoms. The zero-order valence-corrected chi connectivity index (χ0v) is 11.0.